The first-order chi connectivity index (χ1) is 3.93. The van der Waals surface area contributed by atoms with Crippen LogP contribution in [0.25, 0.3) is 0 Å². The van der Waals surface area contributed by atoms with E-state index in [2.05, 4.69) is 15.9 Å². The molecule has 0 heterocycles. The molecule has 1 aliphatic rings. The first-order valence-electron chi connectivity index (χ1n) is 3.49. The standard InChI is InChI=1S/C7H13Br.Mg.2H/c8-6-7-4-2-1-3-5-7;;;/h7H,1-6H2;;;/q;+2;2*-1. The summed E-state index contributed by atoms with van der Waals surface area (Å²) in [5.74, 6) is 1.00. The van der Waals surface area contributed by atoms with Gasteiger partial charge in [0.2, 0.25) is 0 Å². The van der Waals surface area contributed by atoms with Gasteiger partial charge in [-0.3, -0.25) is 0 Å². The van der Waals surface area contributed by atoms with Gasteiger partial charge in [0.05, 0.1) is 0 Å². The quantitative estimate of drug-likeness (QED) is 0.454. The van der Waals surface area contributed by atoms with Crippen molar-refractivity contribution < 1.29 is 2.85 Å². The number of hydrogen-bond acceptors (Lipinski definition) is 0. The van der Waals surface area contributed by atoms with Crippen molar-refractivity contribution in [3.05, 3.63) is 0 Å². The molecule has 2 heteroatoms. The molecule has 0 aliphatic heterocycles. The van der Waals surface area contributed by atoms with Gasteiger partial charge >= 0.3 is 23.1 Å². The predicted molar refractivity (Wildman–Crippen MR) is 48.3 cm³/mol. The van der Waals surface area contributed by atoms with Gasteiger partial charge in [0.1, 0.15) is 0 Å². The van der Waals surface area contributed by atoms with Gasteiger partial charge in [-0.25, -0.2) is 0 Å². The van der Waals surface area contributed by atoms with Crippen LogP contribution in [0.4, 0.5) is 0 Å². The Bertz CT molecular complexity index is 67.5. The maximum absolute atomic E-state index is 3.51. The van der Waals surface area contributed by atoms with Crippen molar-refractivity contribution >= 4 is 39.0 Å². The molecule has 0 saturated heterocycles. The summed E-state index contributed by atoms with van der Waals surface area (Å²) in [5.41, 5.74) is 0. The van der Waals surface area contributed by atoms with Crippen LogP contribution in [0.1, 0.15) is 35.0 Å². The van der Waals surface area contributed by atoms with Crippen molar-refractivity contribution in [2.75, 3.05) is 5.33 Å². The number of hydrogen-bond donors (Lipinski definition) is 0. The fourth-order valence-corrected chi connectivity index (χ4v) is 1.99. The van der Waals surface area contributed by atoms with Gasteiger partial charge in [0.15, 0.2) is 0 Å². The molecule has 1 fully saturated rings. The smallest absolute Gasteiger partial charge is 1.00 e. The zero-order valence-corrected chi connectivity index (χ0v) is 8.91. The zero-order chi connectivity index (χ0) is 5.82. The first-order valence-corrected chi connectivity index (χ1v) is 4.61. The van der Waals surface area contributed by atoms with E-state index in [-0.39, 0.29) is 25.9 Å². The fraction of sp³-hybridized carbons (Fsp3) is 1.00. The van der Waals surface area contributed by atoms with Crippen molar-refractivity contribution in [2.24, 2.45) is 5.92 Å². The molecular formula is C7H15BrMg. The van der Waals surface area contributed by atoms with E-state index < -0.39 is 0 Å². The topological polar surface area (TPSA) is 0 Å². The van der Waals surface area contributed by atoms with E-state index in [1.807, 2.05) is 0 Å². The Morgan fingerprint density at radius 1 is 1.22 bits per heavy atom. The SMILES string of the molecule is BrCC1CCCCC1.[H-].[H-].[Mg+2]. The van der Waals surface area contributed by atoms with Crippen LogP contribution in [0.2, 0.25) is 0 Å². The van der Waals surface area contributed by atoms with Crippen LogP contribution in [-0.4, -0.2) is 28.4 Å². The molecule has 0 bridgehead atoms. The molecule has 0 aromatic rings. The van der Waals surface area contributed by atoms with E-state index in [1.54, 1.807) is 0 Å². The van der Waals surface area contributed by atoms with Gasteiger partial charge in [-0.1, -0.05) is 35.2 Å². The van der Waals surface area contributed by atoms with Gasteiger partial charge in [0, 0.05) is 5.33 Å². The van der Waals surface area contributed by atoms with Gasteiger partial charge in [0.25, 0.3) is 0 Å². The van der Waals surface area contributed by atoms with Gasteiger partial charge < -0.3 is 2.85 Å². The average Bonchev–Trinajstić information content (AvgIpc) is 1.90. The average molecular weight is 203 g/mol. The Hall–Kier alpha value is 1.25. The van der Waals surface area contributed by atoms with Crippen LogP contribution >= 0.6 is 15.9 Å². The molecule has 52 valence electrons. The molecule has 0 atom stereocenters. The Kier molecular flexibility index (Phi) is 6.82. The van der Waals surface area contributed by atoms with E-state index >= 15 is 0 Å². The van der Waals surface area contributed by atoms with Crippen molar-refractivity contribution in [3.63, 3.8) is 0 Å². The molecule has 0 aromatic carbocycles. The Labute approximate surface area is 85.0 Å². The summed E-state index contributed by atoms with van der Waals surface area (Å²) in [4.78, 5) is 0. The second-order valence-electron chi connectivity index (χ2n) is 2.66. The second-order valence-corrected chi connectivity index (χ2v) is 3.31. The molecule has 0 nitrogen and oxygen atoms in total. The minimum atomic E-state index is 0. The third kappa shape index (κ3) is 3.84. The summed E-state index contributed by atoms with van der Waals surface area (Å²) in [6.45, 7) is 0. The molecule has 0 N–H and O–H groups in total. The summed E-state index contributed by atoms with van der Waals surface area (Å²) < 4.78 is 0. The Morgan fingerprint density at radius 3 is 2.11 bits per heavy atom. The van der Waals surface area contributed by atoms with Crippen LogP contribution in [0.3, 0.4) is 0 Å². The van der Waals surface area contributed by atoms with Crippen LogP contribution in [0.15, 0.2) is 0 Å². The molecule has 0 amide bonds. The molecular weight excluding hydrogens is 188 g/mol. The molecule has 1 saturated carbocycles. The summed E-state index contributed by atoms with van der Waals surface area (Å²) >= 11 is 3.51. The first kappa shape index (κ1) is 10.2. The van der Waals surface area contributed by atoms with E-state index in [0.717, 1.165) is 5.92 Å². The molecule has 0 aromatic heterocycles. The number of rotatable bonds is 1. The normalized spacial score (nSPS) is 21.0. The molecule has 1 rings (SSSR count). The maximum atomic E-state index is 3.51. The molecule has 0 spiro atoms. The zero-order valence-electron chi connectivity index (χ0n) is 7.91. The van der Waals surface area contributed by atoms with Gasteiger partial charge in [-0.15, -0.1) is 0 Å². The van der Waals surface area contributed by atoms with Crippen molar-refractivity contribution in [2.45, 2.75) is 32.1 Å². The Balaban J connectivity index is -0.000000213. The third-order valence-electron chi connectivity index (χ3n) is 1.94. The minimum Gasteiger partial charge on any atom is -1.00 e. The van der Waals surface area contributed by atoms with Crippen LogP contribution < -0.4 is 0 Å². The largest absolute Gasteiger partial charge is 2.00 e. The van der Waals surface area contributed by atoms with Gasteiger partial charge in [-0.05, 0) is 18.8 Å². The second kappa shape index (κ2) is 5.99. The minimum absolute atomic E-state index is 0. The van der Waals surface area contributed by atoms with Crippen LogP contribution in [0, 0.1) is 5.92 Å². The maximum Gasteiger partial charge on any atom is 2.00 e. The summed E-state index contributed by atoms with van der Waals surface area (Å²) in [5, 5.41) is 1.23. The number of halogens is 1. The van der Waals surface area contributed by atoms with Crippen LogP contribution in [-0.2, 0) is 0 Å². The predicted octanol–water partition coefficient (Wildman–Crippen LogP) is 2.81. The number of alkyl halides is 1. The van der Waals surface area contributed by atoms with Crippen molar-refractivity contribution in [1.29, 1.82) is 0 Å². The fourth-order valence-electron chi connectivity index (χ4n) is 1.34. The molecule has 0 unspecified atom stereocenters. The summed E-state index contributed by atoms with van der Waals surface area (Å²) in [7, 11) is 0. The van der Waals surface area contributed by atoms with Crippen molar-refractivity contribution in [1.82, 2.24) is 0 Å². The molecule has 1 aliphatic carbocycles. The summed E-state index contributed by atoms with van der Waals surface area (Å²) in [6.07, 6.45) is 7.34. The van der Waals surface area contributed by atoms with E-state index in [4.69, 9.17) is 0 Å². The monoisotopic (exact) mass is 202 g/mol. The van der Waals surface area contributed by atoms with E-state index in [9.17, 15) is 0 Å². The van der Waals surface area contributed by atoms with Gasteiger partial charge in [-0.2, -0.15) is 0 Å². The van der Waals surface area contributed by atoms with Crippen molar-refractivity contribution in [3.8, 4) is 0 Å². The van der Waals surface area contributed by atoms with E-state index in [0.29, 0.717) is 0 Å². The molecule has 0 radical (unpaired) electrons. The van der Waals surface area contributed by atoms with Crippen LogP contribution in [0.5, 0.6) is 0 Å². The third-order valence-corrected chi connectivity index (χ3v) is 2.86. The Morgan fingerprint density at radius 2 is 1.78 bits per heavy atom. The summed E-state index contributed by atoms with van der Waals surface area (Å²) in [6, 6.07) is 0. The molecule has 9 heavy (non-hydrogen) atoms. The van der Waals surface area contributed by atoms with E-state index in [1.165, 1.54) is 37.4 Å².